The number of rotatable bonds is 4. The number of aryl methyl sites for hydroxylation is 1. The number of anilines is 1. The first-order valence-electron chi connectivity index (χ1n) is 6.15. The van der Waals surface area contributed by atoms with Gasteiger partial charge in [0.1, 0.15) is 5.82 Å². The van der Waals surface area contributed by atoms with E-state index in [4.69, 9.17) is 0 Å². The highest BCUT2D eigenvalue weighted by Crippen LogP contribution is 2.18. The Morgan fingerprint density at radius 2 is 2.11 bits per heavy atom. The monoisotopic (exact) mass is 265 g/mol. The fourth-order valence-electron chi connectivity index (χ4n) is 1.51. The molecule has 0 saturated heterocycles. The van der Waals surface area contributed by atoms with Crippen LogP contribution >= 0.6 is 0 Å². The van der Waals surface area contributed by atoms with Gasteiger partial charge < -0.3 is 10.6 Å². The van der Waals surface area contributed by atoms with Crippen molar-refractivity contribution in [3.8, 4) is 0 Å². The van der Waals surface area contributed by atoms with Crippen LogP contribution in [0.4, 0.5) is 14.9 Å². The van der Waals surface area contributed by atoms with Crippen molar-refractivity contribution in [2.45, 2.75) is 25.8 Å². The lowest BCUT2D eigenvalue weighted by atomic mass is 10.2. The second-order valence-electron chi connectivity index (χ2n) is 4.61. The number of nitrogens with one attached hydrogen (secondary N) is 3. The SMILES string of the molecule is Cc1ccc(NCC(=O)NC(=O)NC2CC2)cc1F. The topological polar surface area (TPSA) is 70.2 Å². The van der Waals surface area contributed by atoms with Gasteiger partial charge in [0, 0.05) is 11.7 Å². The molecule has 0 atom stereocenters. The van der Waals surface area contributed by atoms with Gasteiger partial charge in [-0.05, 0) is 37.5 Å². The summed E-state index contributed by atoms with van der Waals surface area (Å²) in [5.41, 5.74) is 1.04. The number of hydrogen-bond donors (Lipinski definition) is 3. The number of halogens is 1. The molecule has 0 aliphatic heterocycles. The minimum absolute atomic E-state index is 0.0828. The summed E-state index contributed by atoms with van der Waals surface area (Å²) in [6, 6.07) is 4.33. The quantitative estimate of drug-likeness (QED) is 0.773. The van der Waals surface area contributed by atoms with E-state index >= 15 is 0 Å². The molecule has 6 heteroatoms. The maximum absolute atomic E-state index is 13.3. The predicted molar refractivity (Wildman–Crippen MR) is 69.3 cm³/mol. The van der Waals surface area contributed by atoms with E-state index in [1.807, 2.05) is 0 Å². The molecular weight excluding hydrogens is 249 g/mol. The molecule has 2 rings (SSSR count). The van der Waals surface area contributed by atoms with Crippen molar-refractivity contribution in [3.05, 3.63) is 29.6 Å². The van der Waals surface area contributed by atoms with Crippen LogP contribution in [0.1, 0.15) is 18.4 Å². The summed E-state index contributed by atoms with van der Waals surface area (Å²) in [6.07, 6.45) is 1.92. The largest absolute Gasteiger partial charge is 0.376 e. The van der Waals surface area contributed by atoms with E-state index in [1.165, 1.54) is 6.07 Å². The van der Waals surface area contributed by atoms with Crippen molar-refractivity contribution >= 4 is 17.6 Å². The van der Waals surface area contributed by atoms with Crippen LogP contribution in [0.5, 0.6) is 0 Å². The zero-order valence-corrected chi connectivity index (χ0v) is 10.6. The average Bonchev–Trinajstić information content (AvgIpc) is 3.14. The zero-order chi connectivity index (χ0) is 13.8. The Labute approximate surface area is 110 Å². The van der Waals surface area contributed by atoms with Gasteiger partial charge in [0.25, 0.3) is 0 Å². The Bertz CT molecular complexity index is 501. The first kappa shape index (κ1) is 13.3. The van der Waals surface area contributed by atoms with Gasteiger partial charge in [-0.3, -0.25) is 10.1 Å². The van der Waals surface area contributed by atoms with Crippen LogP contribution in [0.15, 0.2) is 18.2 Å². The Balaban J connectivity index is 1.75. The van der Waals surface area contributed by atoms with Crippen LogP contribution in [0.25, 0.3) is 0 Å². The molecule has 1 aliphatic rings. The minimum Gasteiger partial charge on any atom is -0.376 e. The van der Waals surface area contributed by atoms with Gasteiger partial charge in [0.15, 0.2) is 0 Å². The Morgan fingerprint density at radius 3 is 2.74 bits per heavy atom. The van der Waals surface area contributed by atoms with Gasteiger partial charge in [0.05, 0.1) is 6.54 Å². The lowest BCUT2D eigenvalue weighted by Gasteiger charge is -2.08. The zero-order valence-electron chi connectivity index (χ0n) is 10.6. The Morgan fingerprint density at radius 1 is 1.37 bits per heavy atom. The van der Waals surface area contributed by atoms with Crippen molar-refractivity contribution in [1.29, 1.82) is 0 Å². The van der Waals surface area contributed by atoms with E-state index < -0.39 is 11.9 Å². The van der Waals surface area contributed by atoms with Gasteiger partial charge in [-0.2, -0.15) is 0 Å². The van der Waals surface area contributed by atoms with E-state index in [-0.39, 0.29) is 18.4 Å². The first-order chi connectivity index (χ1) is 9.04. The summed E-state index contributed by atoms with van der Waals surface area (Å²) in [7, 11) is 0. The molecule has 3 N–H and O–H groups in total. The fraction of sp³-hybridized carbons (Fsp3) is 0.385. The maximum Gasteiger partial charge on any atom is 0.321 e. The van der Waals surface area contributed by atoms with Crippen LogP contribution in [-0.2, 0) is 4.79 Å². The number of benzene rings is 1. The van der Waals surface area contributed by atoms with Crippen molar-refractivity contribution in [1.82, 2.24) is 10.6 Å². The molecule has 0 bridgehead atoms. The van der Waals surface area contributed by atoms with Gasteiger partial charge in [-0.25, -0.2) is 9.18 Å². The smallest absolute Gasteiger partial charge is 0.321 e. The predicted octanol–water partition coefficient (Wildman–Crippen LogP) is 1.53. The average molecular weight is 265 g/mol. The van der Waals surface area contributed by atoms with E-state index in [2.05, 4.69) is 16.0 Å². The van der Waals surface area contributed by atoms with Crippen LogP contribution < -0.4 is 16.0 Å². The van der Waals surface area contributed by atoms with Crippen LogP contribution in [-0.4, -0.2) is 24.5 Å². The number of amides is 3. The molecule has 5 nitrogen and oxygen atoms in total. The summed E-state index contributed by atoms with van der Waals surface area (Å²) in [6.45, 7) is 1.58. The lowest BCUT2D eigenvalue weighted by Crippen LogP contribution is -2.42. The summed E-state index contributed by atoms with van der Waals surface area (Å²) < 4.78 is 13.3. The summed E-state index contributed by atoms with van der Waals surface area (Å²) in [5, 5.41) is 7.60. The minimum atomic E-state index is -0.482. The Kier molecular flexibility index (Phi) is 3.99. The molecule has 19 heavy (non-hydrogen) atoms. The van der Waals surface area contributed by atoms with Gasteiger partial charge in [-0.15, -0.1) is 0 Å². The van der Waals surface area contributed by atoms with Gasteiger partial charge in [-0.1, -0.05) is 6.07 Å². The number of urea groups is 1. The van der Waals surface area contributed by atoms with Crippen molar-refractivity contribution in [2.75, 3.05) is 11.9 Å². The molecule has 0 spiro atoms. The highest BCUT2D eigenvalue weighted by atomic mass is 19.1. The number of carbonyl (C=O) groups excluding carboxylic acids is 2. The summed E-state index contributed by atoms with van der Waals surface area (Å²) in [4.78, 5) is 22.7. The molecule has 0 radical (unpaired) electrons. The second-order valence-corrected chi connectivity index (χ2v) is 4.61. The van der Waals surface area contributed by atoms with E-state index in [1.54, 1.807) is 19.1 Å². The number of imide groups is 1. The van der Waals surface area contributed by atoms with E-state index in [0.717, 1.165) is 12.8 Å². The molecular formula is C13H16FN3O2. The van der Waals surface area contributed by atoms with E-state index in [9.17, 15) is 14.0 Å². The van der Waals surface area contributed by atoms with Crippen molar-refractivity contribution < 1.29 is 14.0 Å². The van der Waals surface area contributed by atoms with Gasteiger partial charge >= 0.3 is 6.03 Å². The lowest BCUT2D eigenvalue weighted by molar-refractivity contribution is -0.118. The number of hydrogen-bond acceptors (Lipinski definition) is 3. The standard InChI is InChI=1S/C13H16FN3O2/c1-8-2-3-10(6-11(8)14)15-7-12(18)17-13(19)16-9-4-5-9/h2-3,6,9,15H,4-5,7H2,1H3,(H2,16,17,18,19). The fourth-order valence-corrected chi connectivity index (χ4v) is 1.51. The van der Waals surface area contributed by atoms with Crippen LogP contribution in [0.2, 0.25) is 0 Å². The molecule has 102 valence electrons. The molecule has 1 aliphatic carbocycles. The Hall–Kier alpha value is -2.11. The summed E-state index contributed by atoms with van der Waals surface area (Å²) in [5.74, 6) is -0.795. The number of carbonyl (C=O) groups is 2. The summed E-state index contributed by atoms with van der Waals surface area (Å²) >= 11 is 0. The molecule has 0 aromatic heterocycles. The molecule has 0 heterocycles. The molecule has 1 aromatic carbocycles. The van der Waals surface area contributed by atoms with Crippen LogP contribution in [0, 0.1) is 12.7 Å². The molecule has 1 fully saturated rings. The second kappa shape index (κ2) is 5.69. The molecule has 1 aromatic rings. The highest BCUT2D eigenvalue weighted by Gasteiger charge is 2.23. The van der Waals surface area contributed by atoms with Crippen molar-refractivity contribution in [2.24, 2.45) is 0 Å². The third-order valence-corrected chi connectivity index (χ3v) is 2.79. The van der Waals surface area contributed by atoms with Crippen LogP contribution in [0.3, 0.4) is 0 Å². The third-order valence-electron chi connectivity index (χ3n) is 2.79. The van der Waals surface area contributed by atoms with Gasteiger partial charge in [0.2, 0.25) is 5.91 Å². The normalized spacial score (nSPS) is 13.8. The van der Waals surface area contributed by atoms with E-state index in [0.29, 0.717) is 11.3 Å². The molecule has 0 unspecified atom stereocenters. The molecule has 1 saturated carbocycles. The molecule has 3 amide bonds. The third kappa shape index (κ3) is 4.24. The maximum atomic E-state index is 13.3. The first-order valence-corrected chi connectivity index (χ1v) is 6.15. The highest BCUT2D eigenvalue weighted by molar-refractivity contribution is 5.96. The van der Waals surface area contributed by atoms with Crippen molar-refractivity contribution in [3.63, 3.8) is 0 Å².